The number of benzene rings is 1. The van der Waals surface area contributed by atoms with E-state index in [9.17, 15) is 5.11 Å². The van der Waals surface area contributed by atoms with Crippen LogP contribution in [0, 0.1) is 5.41 Å². The van der Waals surface area contributed by atoms with Crippen molar-refractivity contribution >= 4 is 27.5 Å². The molecule has 1 heterocycles. The topological polar surface area (TPSA) is 73.3 Å². The molecule has 0 saturated carbocycles. The van der Waals surface area contributed by atoms with E-state index in [0.29, 0.717) is 12.1 Å². The molecule has 1 aliphatic heterocycles. The first kappa shape index (κ1) is 11.4. The Hall–Kier alpha value is -1.07. The Kier molecular flexibility index (Phi) is 3.16. The second kappa shape index (κ2) is 4.43. The number of nitrogens with two attached hydrogens (primary N) is 1. The van der Waals surface area contributed by atoms with Crippen LogP contribution in [0.25, 0.3) is 0 Å². The van der Waals surface area contributed by atoms with Crippen LogP contribution >= 0.6 is 15.9 Å². The fraction of sp³-hybridized carbons (Fsp3) is 0.364. The summed E-state index contributed by atoms with van der Waals surface area (Å²) >= 11 is 3.40. The molecule has 1 fully saturated rings. The van der Waals surface area contributed by atoms with E-state index < -0.39 is 0 Å². The van der Waals surface area contributed by atoms with E-state index in [0.717, 1.165) is 23.1 Å². The third-order valence-electron chi connectivity index (χ3n) is 2.77. The lowest BCUT2D eigenvalue weighted by atomic mass is 10.2. The number of β-amino-alcohol motifs (C(OH)–C–C–N with tert-alkyl or cyclic N) is 1. The number of nitrogens with zero attached hydrogens (tertiary/aromatic N) is 1. The van der Waals surface area contributed by atoms with Gasteiger partial charge in [-0.3, -0.25) is 5.41 Å². The third kappa shape index (κ3) is 2.20. The van der Waals surface area contributed by atoms with Crippen LogP contribution in [0.2, 0.25) is 0 Å². The zero-order chi connectivity index (χ0) is 11.7. The molecule has 0 radical (unpaired) electrons. The summed E-state index contributed by atoms with van der Waals surface area (Å²) in [6.45, 7) is 1.54. The molecule has 0 bridgehead atoms. The molecule has 5 heteroatoms. The molecule has 4 N–H and O–H groups in total. The lowest BCUT2D eigenvalue weighted by Crippen LogP contribution is -2.21. The van der Waals surface area contributed by atoms with E-state index in [4.69, 9.17) is 11.1 Å². The van der Waals surface area contributed by atoms with Crippen molar-refractivity contribution in [2.24, 2.45) is 5.73 Å². The number of hydrogen-bond acceptors (Lipinski definition) is 3. The number of aliphatic hydroxyl groups excluding tert-OH is 1. The highest BCUT2D eigenvalue weighted by Gasteiger charge is 2.20. The molecule has 1 atom stereocenters. The number of hydrogen-bond donors (Lipinski definition) is 3. The highest BCUT2D eigenvalue weighted by Crippen LogP contribution is 2.26. The molecule has 16 heavy (non-hydrogen) atoms. The van der Waals surface area contributed by atoms with Crippen LogP contribution in [0.1, 0.15) is 12.0 Å². The van der Waals surface area contributed by atoms with Crippen molar-refractivity contribution in [2.75, 3.05) is 18.0 Å². The molecule has 0 spiro atoms. The zero-order valence-corrected chi connectivity index (χ0v) is 10.4. The maximum atomic E-state index is 9.47. The van der Waals surface area contributed by atoms with Crippen molar-refractivity contribution in [3.05, 3.63) is 28.2 Å². The Morgan fingerprint density at radius 3 is 2.81 bits per heavy atom. The summed E-state index contributed by atoms with van der Waals surface area (Å²) in [5, 5.41) is 16.8. The average molecular weight is 284 g/mol. The van der Waals surface area contributed by atoms with Crippen LogP contribution in [-0.2, 0) is 0 Å². The van der Waals surface area contributed by atoms with Gasteiger partial charge in [-0.1, -0.05) is 0 Å². The lowest BCUT2D eigenvalue weighted by molar-refractivity contribution is 0.198. The molecule has 0 amide bonds. The first-order chi connectivity index (χ1) is 7.58. The minimum absolute atomic E-state index is 0.0554. The van der Waals surface area contributed by atoms with Gasteiger partial charge >= 0.3 is 0 Å². The highest BCUT2D eigenvalue weighted by molar-refractivity contribution is 9.10. The summed E-state index contributed by atoms with van der Waals surface area (Å²) in [6.07, 6.45) is 0.581. The van der Waals surface area contributed by atoms with Gasteiger partial charge in [-0.25, -0.2) is 0 Å². The summed E-state index contributed by atoms with van der Waals surface area (Å²) in [5.74, 6) is 0.0554. The van der Waals surface area contributed by atoms with Crippen LogP contribution < -0.4 is 10.6 Å². The molecule has 0 aromatic heterocycles. The number of anilines is 1. The van der Waals surface area contributed by atoms with Crippen molar-refractivity contribution in [1.82, 2.24) is 0 Å². The maximum absolute atomic E-state index is 9.47. The van der Waals surface area contributed by atoms with Gasteiger partial charge in [0.2, 0.25) is 0 Å². The molecule has 1 aliphatic rings. The van der Waals surface area contributed by atoms with Gasteiger partial charge < -0.3 is 15.7 Å². The van der Waals surface area contributed by atoms with Crippen LogP contribution in [0.5, 0.6) is 0 Å². The van der Waals surface area contributed by atoms with E-state index in [1.54, 1.807) is 0 Å². The molecular formula is C11H14BrN3O. The van der Waals surface area contributed by atoms with Crippen LogP contribution in [0.4, 0.5) is 5.69 Å². The number of amidine groups is 1. The lowest BCUT2D eigenvalue weighted by Gasteiger charge is -2.18. The van der Waals surface area contributed by atoms with Crippen molar-refractivity contribution in [2.45, 2.75) is 12.5 Å². The molecule has 1 aromatic carbocycles. The van der Waals surface area contributed by atoms with Crippen LogP contribution in [-0.4, -0.2) is 30.1 Å². The minimum atomic E-state index is -0.230. The first-order valence-electron chi connectivity index (χ1n) is 5.15. The predicted molar refractivity (Wildman–Crippen MR) is 68.0 cm³/mol. The Bertz CT molecular complexity index is 422. The van der Waals surface area contributed by atoms with Crippen molar-refractivity contribution in [3.63, 3.8) is 0 Å². The molecule has 1 aromatic rings. The molecule has 86 valence electrons. The van der Waals surface area contributed by atoms with Crippen molar-refractivity contribution < 1.29 is 5.11 Å². The normalized spacial score (nSPS) is 20.1. The Morgan fingerprint density at radius 1 is 1.56 bits per heavy atom. The summed E-state index contributed by atoms with van der Waals surface area (Å²) in [7, 11) is 0. The van der Waals surface area contributed by atoms with Gasteiger partial charge in [-0.2, -0.15) is 0 Å². The molecular weight excluding hydrogens is 270 g/mol. The standard InChI is InChI=1S/C11H14BrN3O/c12-10-5-7(1-2-9(10)11(13)14)15-4-3-8(16)6-15/h1-2,5,8,16H,3-4,6H2,(H3,13,14). The first-order valence-corrected chi connectivity index (χ1v) is 5.94. The average Bonchev–Trinajstić information content (AvgIpc) is 2.64. The number of nitrogen functional groups attached to an aromatic ring is 1. The molecule has 2 rings (SSSR count). The van der Waals surface area contributed by atoms with Crippen LogP contribution in [0.15, 0.2) is 22.7 Å². The molecule has 4 nitrogen and oxygen atoms in total. The fourth-order valence-electron chi connectivity index (χ4n) is 1.90. The number of nitrogens with one attached hydrogen (secondary N) is 1. The second-order valence-electron chi connectivity index (χ2n) is 3.97. The summed E-state index contributed by atoms with van der Waals surface area (Å²) in [6, 6.07) is 5.70. The number of rotatable bonds is 2. The van der Waals surface area contributed by atoms with Crippen LogP contribution in [0.3, 0.4) is 0 Å². The fourth-order valence-corrected chi connectivity index (χ4v) is 2.48. The Balaban J connectivity index is 2.24. The highest BCUT2D eigenvalue weighted by atomic mass is 79.9. The zero-order valence-electron chi connectivity index (χ0n) is 8.78. The summed E-state index contributed by atoms with van der Waals surface area (Å²) in [4.78, 5) is 2.12. The monoisotopic (exact) mass is 283 g/mol. The Morgan fingerprint density at radius 2 is 2.31 bits per heavy atom. The number of halogens is 1. The van der Waals surface area contributed by atoms with Crippen molar-refractivity contribution in [1.29, 1.82) is 5.41 Å². The van der Waals surface area contributed by atoms with Gasteiger partial charge in [0, 0.05) is 28.8 Å². The van der Waals surface area contributed by atoms with E-state index in [1.807, 2.05) is 18.2 Å². The van der Waals surface area contributed by atoms with Gasteiger partial charge in [0.15, 0.2) is 0 Å². The molecule has 0 aliphatic carbocycles. The van der Waals surface area contributed by atoms with E-state index in [2.05, 4.69) is 20.8 Å². The SMILES string of the molecule is N=C(N)c1ccc(N2CCC(O)C2)cc1Br. The molecule has 1 saturated heterocycles. The summed E-state index contributed by atoms with van der Waals surface area (Å²) < 4.78 is 0.818. The molecule has 1 unspecified atom stereocenters. The third-order valence-corrected chi connectivity index (χ3v) is 3.43. The number of aliphatic hydroxyl groups is 1. The second-order valence-corrected chi connectivity index (χ2v) is 4.82. The van der Waals surface area contributed by atoms with Gasteiger partial charge in [0.05, 0.1) is 6.10 Å². The van der Waals surface area contributed by atoms with Gasteiger partial charge in [-0.05, 0) is 40.5 Å². The summed E-state index contributed by atoms with van der Waals surface area (Å²) in [5.41, 5.74) is 7.19. The Labute approximate surface area is 103 Å². The van der Waals surface area contributed by atoms with Gasteiger partial charge in [0.1, 0.15) is 5.84 Å². The quantitative estimate of drug-likeness (QED) is 0.566. The predicted octanol–water partition coefficient (Wildman–Crippen LogP) is 1.30. The van der Waals surface area contributed by atoms with Crippen molar-refractivity contribution in [3.8, 4) is 0 Å². The van der Waals surface area contributed by atoms with Gasteiger partial charge in [-0.15, -0.1) is 0 Å². The van der Waals surface area contributed by atoms with E-state index in [-0.39, 0.29) is 11.9 Å². The minimum Gasteiger partial charge on any atom is -0.391 e. The van der Waals surface area contributed by atoms with E-state index >= 15 is 0 Å². The van der Waals surface area contributed by atoms with Gasteiger partial charge in [0.25, 0.3) is 0 Å². The largest absolute Gasteiger partial charge is 0.391 e. The van der Waals surface area contributed by atoms with E-state index in [1.165, 1.54) is 0 Å². The smallest absolute Gasteiger partial charge is 0.123 e. The maximum Gasteiger partial charge on any atom is 0.123 e.